The Hall–Kier alpha value is -0.560. The van der Waals surface area contributed by atoms with Crippen LogP contribution >= 0.6 is 0 Å². The Labute approximate surface area is 95.9 Å². The largest absolute Gasteiger partial charge is 0.300 e. The van der Waals surface area contributed by atoms with Crippen molar-refractivity contribution in [2.24, 2.45) is 5.92 Å². The van der Waals surface area contributed by atoms with Crippen molar-refractivity contribution in [3.63, 3.8) is 0 Å². The number of rotatable bonds is 2. The Morgan fingerprint density at radius 1 is 1.00 bits per heavy atom. The summed E-state index contributed by atoms with van der Waals surface area (Å²) >= 11 is 0. The van der Waals surface area contributed by atoms with Gasteiger partial charge in [-0.15, -0.1) is 0 Å². The number of allylic oxidation sites excluding steroid dienone is 3. The van der Waals surface area contributed by atoms with Crippen molar-refractivity contribution >= 4 is 0 Å². The van der Waals surface area contributed by atoms with Crippen molar-refractivity contribution in [1.82, 2.24) is 4.90 Å². The SMILES string of the molecule is C/C=C/CN1CCC(C)CC1.C/C=C\C. The lowest BCUT2D eigenvalue weighted by molar-refractivity contribution is 0.210. The summed E-state index contributed by atoms with van der Waals surface area (Å²) in [5.74, 6) is 0.955. The van der Waals surface area contributed by atoms with E-state index in [0.717, 1.165) is 12.5 Å². The molecule has 0 bridgehead atoms. The van der Waals surface area contributed by atoms with Gasteiger partial charge in [0, 0.05) is 6.54 Å². The molecule has 0 saturated carbocycles. The Kier molecular flexibility index (Phi) is 9.60. The first-order valence-corrected chi connectivity index (χ1v) is 6.15. The second-order valence-electron chi connectivity index (χ2n) is 4.22. The van der Waals surface area contributed by atoms with Crippen LogP contribution in [0.4, 0.5) is 0 Å². The van der Waals surface area contributed by atoms with Crippen LogP contribution in [0.3, 0.4) is 0 Å². The van der Waals surface area contributed by atoms with E-state index in [2.05, 4.69) is 30.9 Å². The molecule has 0 unspecified atom stereocenters. The Morgan fingerprint density at radius 3 is 1.93 bits per heavy atom. The summed E-state index contributed by atoms with van der Waals surface area (Å²) in [6.07, 6.45) is 11.2. The lowest BCUT2D eigenvalue weighted by atomic mass is 9.99. The van der Waals surface area contributed by atoms with Gasteiger partial charge in [-0.1, -0.05) is 31.2 Å². The molecule has 88 valence electrons. The Balaban J connectivity index is 0.000000423. The number of hydrogen-bond acceptors (Lipinski definition) is 1. The van der Waals surface area contributed by atoms with Gasteiger partial charge in [0.1, 0.15) is 0 Å². The molecule has 15 heavy (non-hydrogen) atoms. The van der Waals surface area contributed by atoms with Crippen molar-refractivity contribution in [2.75, 3.05) is 19.6 Å². The van der Waals surface area contributed by atoms with Gasteiger partial charge in [0.05, 0.1) is 0 Å². The van der Waals surface area contributed by atoms with Gasteiger partial charge in [-0.05, 0) is 52.6 Å². The van der Waals surface area contributed by atoms with Crippen LogP contribution in [0.1, 0.15) is 40.5 Å². The van der Waals surface area contributed by atoms with E-state index in [-0.39, 0.29) is 0 Å². The van der Waals surface area contributed by atoms with Crippen LogP contribution in [0.2, 0.25) is 0 Å². The van der Waals surface area contributed by atoms with Gasteiger partial charge in [-0.25, -0.2) is 0 Å². The molecule has 0 atom stereocenters. The Morgan fingerprint density at radius 2 is 1.53 bits per heavy atom. The van der Waals surface area contributed by atoms with Crippen LogP contribution in [0.5, 0.6) is 0 Å². The zero-order chi connectivity index (χ0) is 11.5. The molecule has 0 aromatic heterocycles. The fraction of sp³-hybridized carbons (Fsp3) is 0.714. The molecule has 0 amide bonds. The average molecular weight is 209 g/mol. The van der Waals surface area contributed by atoms with Gasteiger partial charge in [0.15, 0.2) is 0 Å². The maximum absolute atomic E-state index is 2.53. The van der Waals surface area contributed by atoms with E-state index in [1.165, 1.54) is 25.9 Å². The van der Waals surface area contributed by atoms with Crippen LogP contribution in [0.25, 0.3) is 0 Å². The highest BCUT2D eigenvalue weighted by atomic mass is 15.1. The zero-order valence-corrected chi connectivity index (χ0v) is 10.9. The van der Waals surface area contributed by atoms with Gasteiger partial charge in [0.25, 0.3) is 0 Å². The van der Waals surface area contributed by atoms with Gasteiger partial charge in [-0.3, -0.25) is 4.90 Å². The molecule has 0 aromatic carbocycles. The quantitative estimate of drug-likeness (QED) is 0.624. The molecule has 1 aliphatic heterocycles. The van der Waals surface area contributed by atoms with Crippen molar-refractivity contribution in [3.05, 3.63) is 24.3 Å². The van der Waals surface area contributed by atoms with E-state index >= 15 is 0 Å². The van der Waals surface area contributed by atoms with E-state index in [9.17, 15) is 0 Å². The van der Waals surface area contributed by atoms with Crippen molar-refractivity contribution < 1.29 is 0 Å². The smallest absolute Gasteiger partial charge is 0.0163 e. The lowest BCUT2D eigenvalue weighted by Gasteiger charge is -2.28. The van der Waals surface area contributed by atoms with Crippen molar-refractivity contribution in [1.29, 1.82) is 0 Å². The fourth-order valence-corrected chi connectivity index (χ4v) is 1.50. The Bertz CT molecular complexity index is 170. The van der Waals surface area contributed by atoms with Crippen molar-refractivity contribution in [2.45, 2.75) is 40.5 Å². The fourth-order valence-electron chi connectivity index (χ4n) is 1.50. The predicted octanol–water partition coefficient (Wildman–Crippen LogP) is 3.88. The maximum atomic E-state index is 2.53. The topological polar surface area (TPSA) is 3.24 Å². The van der Waals surface area contributed by atoms with Gasteiger partial charge in [0.2, 0.25) is 0 Å². The zero-order valence-electron chi connectivity index (χ0n) is 10.9. The molecule has 1 rings (SSSR count). The first-order valence-electron chi connectivity index (χ1n) is 6.15. The molecule has 1 heteroatoms. The molecule has 0 radical (unpaired) electrons. The number of nitrogens with zero attached hydrogens (tertiary/aromatic N) is 1. The molecule has 0 N–H and O–H groups in total. The van der Waals surface area contributed by atoms with Crippen LogP contribution in [-0.2, 0) is 0 Å². The molecule has 1 fully saturated rings. The number of piperidine rings is 1. The van der Waals surface area contributed by atoms with E-state index in [1.807, 2.05) is 26.0 Å². The van der Waals surface area contributed by atoms with Crippen molar-refractivity contribution in [3.8, 4) is 0 Å². The minimum Gasteiger partial charge on any atom is -0.300 e. The molecule has 1 saturated heterocycles. The third-order valence-electron chi connectivity index (χ3n) is 2.81. The minimum atomic E-state index is 0.955. The third kappa shape index (κ3) is 8.44. The molecule has 0 aliphatic carbocycles. The third-order valence-corrected chi connectivity index (χ3v) is 2.81. The molecule has 1 aliphatic rings. The highest BCUT2D eigenvalue weighted by Crippen LogP contribution is 2.15. The first kappa shape index (κ1) is 14.4. The van der Waals surface area contributed by atoms with E-state index in [4.69, 9.17) is 0 Å². The molecular formula is C14H27N. The summed E-state index contributed by atoms with van der Waals surface area (Å²) in [6, 6.07) is 0. The van der Waals surface area contributed by atoms with Gasteiger partial charge in [-0.2, -0.15) is 0 Å². The predicted molar refractivity (Wildman–Crippen MR) is 70.1 cm³/mol. The summed E-state index contributed by atoms with van der Waals surface area (Å²) in [5, 5.41) is 0. The second-order valence-corrected chi connectivity index (χ2v) is 4.22. The van der Waals surface area contributed by atoms with Gasteiger partial charge < -0.3 is 0 Å². The molecular weight excluding hydrogens is 182 g/mol. The molecule has 0 aromatic rings. The summed E-state index contributed by atoms with van der Waals surface area (Å²) in [7, 11) is 0. The minimum absolute atomic E-state index is 0.955. The molecule has 1 heterocycles. The second kappa shape index (κ2) is 9.97. The average Bonchev–Trinajstić information content (AvgIpc) is 2.29. The van der Waals surface area contributed by atoms with E-state index in [1.54, 1.807) is 0 Å². The summed E-state index contributed by atoms with van der Waals surface area (Å²) in [6.45, 7) is 12.2. The highest BCUT2D eigenvalue weighted by molar-refractivity contribution is 4.82. The van der Waals surface area contributed by atoms with Crippen LogP contribution in [0, 0.1) is 5.92 Å². The number of likely N-dealkylation sites (tertiary alicyclic amines) is 1. The summed E-state index contributed by atoms with van der Waals surface area (Å²) in [5.41, 5.74) is 0. The van der Waals surface area contributed by atoms with Crippen LogP contribution < -0.4 is 0 Å². The molecule has 0 spiro atoms. The van der Waals surface area contributed by atoms with Crippen LogP contribution in [-0.4, -0.2) is 24.5 Å². The highest BCUT2D eigenvalue weighted by Gasteiger charge is 2.13. The lowest BCUT2D eigenvalue weighted by Crippen LogP contribution is -2.32. The summed E-state index contributed by atoms with van der Waals surface area (Å²) < 4.78 is 0. The summed E-state index contributed by atoms with van der Waals surface area (Å²) in [4.78, 5) is 2.53. The normalized spacial score (nSPS) is 19.5. The monoisotopic (exact) mass is 209 g/mol. The van der Waals surface area contributed by atoms with E-state index in [0.29, 0.717) is 0 Å². The maximum Gasteiger partial charge on any atom is 0.0163 e. The van der Waals surface area contributed by atoms with E-state index < -0.39 is 0 Å². The standard InChI is InChI=1S/C10H19N.C4H8/c1-3-4-7-11-8-5-10(2)6-9-11;1-3-4-2/h3-4,10H,5-9H2,1-2H3;3-4H,1-2H3/b4-3+;4-3-. The first-order chi connectivity index (χ1) is 7.24. The van der Waals surface area contributed by atoms with Crippen LogP contribution in [0.15, 0.2) is 24.3 Å². The van der Waals surface area contributed by atoms with Gasteiger partial charge >= 0.3 is 0 Å². The number of hydrogen-bond donors (Lipinski definition) is 0. The molecule has 1 nitrogen and oxygen atoms in total.